The third kappa shape index (κ3) is 5.12. The van der Waals surface area contributed by atoms with Gasteiger partial charge < -0.3 is 14.4 Å². The van der Waals surface area contributed by atoms with Crippen LogP contribution in [0.2, 0.25) is 0 Å². The molecule has 205 valence electrons. The summed E-state index contributed by atoms with van der Waals surface area (Å²) in [6, 6.07) is 41.5. The summed E-state index contributed by atoms with van der Waals surface area (Å²) < 4.78 is 52.2. The number of hydrogen-bond donors (Lipinski definition) is 0. The van der Waals surface area contributed by atoms with E-state index in [0.29, 0.717) is 16.8 Å². The predicted octanol–water partition coefficient (Wildman–Crippen LogP) is 9.87. The Balaban J connectivity index is 0.000000182. The number of furan rings is 1. The van der Waals surface area contributed by atoms with Gasteiger partial charge in [0.25, 0.3) is 0 Å². The van der Waals surface area contributed by atoms with E-state index >= 15 is 0 Å². The van der Waals surface area contributed by atoms with Crippen molar-refractivity contribution in [1.82, 2.24) is 9.97 Å². The minimum absolute atomic E-state index is 0. The molecule has 0 aliphatic heterocycles. The van der Waals surface area contributed by atoms with E-state index in [0.717, 1.165) is 44.6 Å². The molecule has 1 radical (unpaired) electrons. The van der Waals surface area contributed by atoms with E-state index < -0.39 is 13.7 Å². The van der Waals surface area contributed by atoms with Crippen molar-refractivity contribution in [3.8, 4) is 33.6 Å². The molecular formula is C38H26IrN2O-2. The van der Waals surface area contributed by atoms with Crippen molar-refractivity contribution in [2.45, 2.75) is 13.7 Å². The maximum Gasteiger partial charge on any atom is 0.121 e. The first-order chi connectivity index (χ1) is 22.6. The normalized spacial score (nSPS) is 13.6. The fourth-order valence-electron chi connectivity index (χ4n) is 5.13. The smallest absolute Gasteiger partial charge is 0.121 e. The topological polar surface area (TPSA) is 38.9 Å². The summed E-state index contributed by atoms with van der Waals surface area (Å²) in [5.74, 6) is 0. The number of nitrogens with zero attached hydrogens (tertiary/aromatic N) is 2. The Morgan fingerprint density at radius 1 is 0.690 bits per heavy atom. The van der Waals surface area contributed by atoms with E-state index in [2.05, 4.69) is 40.3 Å². The zero-order valence-electron chi connectivity index (χ0n) is 28.2. The molecule has 0 spiro atoms. The van der Waals surface area contributed by atoms with Crippen molar-refractivity contribution in [2.75, 3.05) is 0 Å². The van der Waals surface area contributed by atoms with Crippen LogP contribution >= 0.6 is 0 Å². The number of hydrogen-bond acceptors (Lipinski definition) is 3. The molecule has 0 saturated heterocycles. The van der Waals surface area contributed by atoms with E-state index in [4.69, 9.17) is 12.6 Å². The molecule has 0 saturated carbocycles. The third-order valence-corrected chi connectivity index (χ3v) is 7.10. The van der Waals surface area contributed by atoms with Crippen LogP contribution in [-0.2, 0) is 20.1 Å². The van der Waals surface area contributed by atoms with Crippen LogP contribution in [0, 0.1) is 25.8 Å². The van der Waals surface area contributed by atoms with Crippen molar-refractivity contribution in [1.29, 1.82) is 0 Å². The molecule has 0 atom stereocenters. The molecular weight excluding hydrogens is 693 g/mol. The number of aromatic nitrogens is 2. The van der Waals surface area contributed by atoms with Crippen molar-refractivity contribution in [2.24, 2.45) is 0 Å². The molecule has 0 bridgehead atoms. The third-order valence-electron chi connectivity index (χ3n) is 7.10. The van der Waals surface area contributed by atoms with Gasteiger partial charge in [-0.3, -0.25) is 0 Å². The molecule has 0 amide bonds. The van der Waals surface area contributed by atoms with Crippen LogP contribution in [0.3, 0.4) is 0 Å². The van der Waals surface area contributed by atoms with Crippen LogP contribution in [-0.4, -0.2) is 9.97 Å². The van der Waals surface area contributed by atoms with Crippen LogP contribution in [0.1, 0.15) is 19.4 Å². The van der Waals surface area contributed by atoms with E-state index in [1.54, 1.807) is 6.07 Å². The number of benzene rings is 5. The van der Waals surface area contributed by atoms with Gasteiger partial charge in [0.1, 0.15) is 5.58 Å². The molecule has 3 heterocycles. The maximum atomic E-state index is 7.79. The molecule has 0 aliphatic carbocycles. The first-order valence-corrected chi connectivity index (χ1v) is 13.2. The Labute approximate surface area is 267 Å². The molecule has 0 fully saturated rings. The number of pyridine rings is 2. The van der Waals surface area contributed by atoms with E-state index in [1.165, 1.54) is 17.2 Å². The average Bonchev–Trinajstić information content (AvgIpc) is 3.47. The molecule has 0 unspecified atom stereocenters. The Bertz CT molecular complexity index is 2280. The predicted molar refractivity (Wildman–Crippen MR) is 168 cm³/mol. The second-order valence-corrected chi connectivity index (χ2v) is 9.66. The zero-order chi connectivity index (χ0) is 32.8. The molecule has 8 rings (SSSR count). The number of aryl methyl sites for hydroxylation is 2. The zero-order valence-corrected chi connectivity index (χ0v) is 24.6. The average molecular weight is 725 g/mol. The van der Waals surface area contributed by atoms with E-state index in [1.807, 2.05) is 85.1 Å². The SMILES string of the molecule is [2H]C([2H])([2H])c1cnc(-c2[c-]cc3oc4cccc5ccc2c3c54)cc1C([2H])([2H])[2H].[Ir].[c-]1ccccc1-c1cc(-c2ccccc2)ccn1. The van der Waals surface area contributed by atoms with Gasteiger partial charge in [-0.05, 0) is 64.7 Å². The molecule has 8 aromatic rings. The van der Waals surface area contributed by atoms with E-state index in [9.17, 15) is 0 Å². The monoisotopic (exact) mass is 725 g/mol. The van der Waals surface area contributed by atoms with Gasteiger partial charge in [-0.1, -0.05) is 77.7 Å². The molecule has 3 nitrogen and oxygen atoms in total. The van der Waals surface area contributed by atoms with Crippen molar-refractivity contribution < 1.29 is 32.7 Å². The van der Waals surface area contributed by atoms with Crippen molar-refractivity contribution >= 4 is 32.7 Å². The van der Waals surface area contributed by atoms with Crippen LogP contribution in [0.4, 0.5) is 0 Å². The fraction of sp³-hybridized carbons (Fsp3) is 0.0526. The van der Waals surface area contributed by atoms with Gasteiger partial charge in [0.15, 0.2) is 0 Å². The summed E-state index contributed by atoms with van der Waals surface area (Å²) in [4.78, 5) is 8.69. The Kier molecular flexibility index (Phi) is 5.88. The first kappa shape index (κ1) is 21.1. The second kappa shape index (κ2) is 11.7. The van der Waals surface area contributed by atoms with Crippen LogP contribution < -0.4 is 0 Å². The molecule has 3 aromatic heterocycles. The summed E-state index contributed by atoms with van der Waals surface area (Å²) in [6.45, 7) is -5.14. The van der Waals surface area contributed by atoms with Crippen molar-refractivity contribution in [3.63, 3.8) is 0 Å². The van der Waals surface area contributed by atoms with Gasteiger partial charge in [0, 0.05) is 46.1 Å². The minimum Gasteiger partial charge on any atom is -0.500 e. The molecule has 5 aromatic carbocycles. The second-order valence-electron chi connectivity index (χ2n) is 9.66. The van der Waals surface area contributed by atoms with Gasteiger partial charge in [-0.15, -0.1) is 53.6 Å². The number of rotatable bonds is 3. The Morgan fingerprint density at radius 3 is 2.40 bits per heavy atom. The maximum absolute atomic E-state index is 7.79. The van der Waals surface area contributed by atoms with E-state index in [-0.39, 0.29) is 31.2 Å². The van der Waals surface area contributed by atoms with Crippen LogP contribution in [0.5, 0.6) is 0 Å². The standard InChI is InChI=1S/C21H14NO.C17H12N.Ir/c1-12-10-17(22-11-13(12)2)15-8-9-19-21-16(15)7-6-14-4-3-5-18(23-19)20(14)21;1-3-7-14(8-4-1)16-11-12-18-17(13-16)15-9-5-2-6-10-15;/h3-7,9-11H,1-2H3;1-9,11-13H;/q2*-1;/i1D3,2D3;;. The quantitative estimate of drug-likeness (QED) is 0.135. The van der Waals surface area contributed by atoms with Gasteiger partial charge in [-0.25, -0.2) is 0 Å². The molecule has 42 heavy (non-hydrogen) atoms. The minimum atomic E-state index is -2.58. The molecule has 0 aliphatic rings. The Morgan fingerprint density at radius 2 is 1.57 bits per heavy atom. The van der Waals surface area contributed by atoms with Gasteiger partial charge in [0.2, 0.25) is 0 Å². The van der Waals surface area contributed by atoms with Gasteiger partial charge in [0.05, 0.1) is 5.58 Å². The van der Waals surface area contributed by atoms with Crippen molar-refractivity contribution in [3.05, 3.63) is 145 Å². The summed E-state index contributed by atoms with van der Waals surface area (Å²) in [7, 11) is 0. The van der Waals surface area contributed by atoms with Gasteiger partial charge >= 0.3 is 0 Å². The summed E-state index contributed by atoms with van der Waals surface area (Å²) in [6.07, 6.45) is 2.98. The summed E-state index contributed by atoms with van der Waals surface area (Å²) in [5, 5.41) is 3.78. The van der Waals surface area contributed by atoms with Crippen LogP contribution in [0.15, 0.2) is 126 Å². The largest absolute Gasteiger partial charge is 0.500 e. The molecule has 4 heteroatoms. The molecule has 0 N–H and O–H groups in total. The summed E-state index contributed by atoms with van der Waals surface area (Å²) >= 11 is 0. The Hall–Kier alpha value is -4.63. The fourth-order valence-corrected chi connectivity index (χ4v) is 5.13. The summed E-state index contributed by atoms with van der Waals surface area (Å²) in [5.41, 5.74) is 6.30. The van der Waals surface area contributed by atoms with Crippen LogP contribution in [0.25, 0.3) is 66.4 Å². The first-order valence-electron chi connectivity index (χ1n) is 16.2. The van der Waals surface area contributed by atoms with Gasteiger partial charge in [-0.2, -0.15) is 0 Å².